The highest BCUT2D eigenvalue weighted by molar-refractivity contribution is 6.01. The van der Waals surface area contributed by atoms with Crippen molar-refractivity contribution in [3.63, 3.8) is 0 Å². The fraction of sp³-hybridized carbons (Fsp3) is 0.762. The zero-order valence-electron chi connectivity index (χ0n) is 15.1. The maximum Gasteiger partial charge on any atom is 0.178 e. The van der Waals surface area contributed by atoms with Gasteiger partial charge in [0.15, 0.2) is 11.6 Å². The molecule has 5 rings (SSSR count). The largest absolute Gasteiger partial charge is 0.393 e. The summed E-state index contributed by atoms with van der Waals surface area (Å²) < 4.78 is 5.82. The molecule has 2 N–H and O–H groups in total. The molecule has 0 unspecified atom stereocenters. The highest BCUT2D eigenvalue weighted by Crippen LogP contribution is 2.69. The van der Waals surface area contributed by atoms with Crippen LogP contribution in [0, 0.1) is 34.5 Å². The number of fused-ring (bicyclic) bond motifs is 4. The predicted molar refractivity (Wildman–Crippen MR) is 92.4 cm³/mol. The third-order valence-corrected chi connectivity index (χ3v) is 8.50. The molecule has 8 atom stereocenters. The number of aliphatic hydroxyl groups is 2. The fourth-order valence-corrected chi connectivity index (χ4v) is 7.57. The summed E-state index contributed by atoms with van der Waals surface area (Å²) in [6.07, 6.45) is 9.92. The van der Waals surface area contributed by atoms with Crippen molar-refractivity contribution in [3.05, 3.63) is 23.8 Å². The molecule has 1 saturated heterocycles. The summed E-state index contributed by atoms with van der Waals surface area (Å²) in [4.78, 5) is 11.8. The predicted octanol–water partition coefficient (Wildman–Crippen LogP) is 2.60. The van der Waals surface area contributed by atoms with Crippen molar-refractivity contribution in [2.75, 3.05) is 6.61 Å². The van der Waals surface area contributed by atoms with Crippen molar-refractivity contribution in [1.29, 1.82) is 0 Å². The number of ether oxygens (including phenoxy) is 1. The first-order valence-corrected chi connectivity index (χ1v) is 9.77. The second-order valence-corrected chi connectivity index (χ2v) is 9.50. The number of aliphatic hydroxyl groups excluding tert-OH is 1. The summed E-state index contributed by atoms with van der Waals surface area (Å²) in [6.45, 7) is 4.57. The van der Waals surface area contributed by atoms with Gasteiger partial charge < -0.3 is 14.9 Å². The maximum absolute atomic E-state index is 11.8. The Morgan fingerprint density at radius 2 is 2.04 bits per heavy atom. The van der Waals surface area contributed by atoms with Crippen LogP contribution >= 0.6 is 0 Å². The van der Waals surface area contributed by atoms with Crippen LogP contribution < -0.4 is 0 Å². The van der Waals surface area contributed by atoms with Crippen LogP contribution in [0.5, 0.6) is 0 Å². The van der Waals surface area contributed by atoms with E-state index in [2.05, 4.69) is 13.0 Å². The number of carbonyl (C=O) groups is 1. The van der Waals surface area contributed by atoms with E-state index in [0.717, 1.165) is 25.7 Å². The smallest absolute Gasteiger partial charge is 0.178 e. The highest BCUT2D eigenvalue weighted by atomic mass is 16.6. The van der Waals surface area contributed by atoms with Crippen molar-refractivity contribution in [2.45, 2.75) is 57.8 Å². The minimum Gasteiger partial charge on any atom is -0.393 e. The topological polar surface area (TPSA) is 66.8 Å². The van der Waals surface area contributed by atoms with Gasteiger partial charge in [-0.1, -0.05) is 18.6 Å². The van der Waals surface area contributed by atoms with E-state index in [4.69, 9.17) is 4.74 Å². The summed E-state index contributed by atoms with van der Waals surface area (Å²) in [5.74, 6) is 0.261. The maximum atomic E-state index is 11.8. The van der Waals surface area contributed by atoms with E-state index in [1.54, 1.807) is 19.1 Å². The molecule has 0 bridgehead atoms. The zero-order valence-corrected chi connectivity index (χ0v) is 15.1. The van der Waals surface area contributed by atoms with Gasteiger partial charge in [0.25, 0.3) is 0 Å². The van der Waals surface area contributed by atoms with E-state index < -0.39 is 11.9 Å². The van der Waals surface area contributed by atoms with E-state index in [1.165, 1.54) is 5.57 Å². The lowest BCUT2D eigenvalue weighted by molar-refractivity contribution is -0.180. The van der Waals surface area contributed by atoms with Gasteiger partial charge in [-0.15, -0.1) is 0 Å². The molecule has 1 heterocycles. The van der Waals surface area contributed by atoms with Crippen molar-refractivity contribution >= 4 is 5.78 Å². The van der Waals surface area contributed by atoms with Gasteiger partial charge in [0.1, 0.15) is 0 Å². The molecule has 4 heteroatoms. The van der Waals surface area contributed by atoms with Crippen LogP contribution in [-0.4, -0.2) is 34.5 Å². The van der Waals surface area contributed by atoms with Gasteiger partial charge in [0, 0.05) is 22.7 Å². The molecule has 1 spiro atoms. The van der Waals surface area contributed by atoms with Crippen molar-refractivity contribution in [3.8, 4) is 0 Å². The normalized spacial score (nSPS) is 56.7. The van der Waals surface area contributed by atoms with Crippen molar-refractivity contribution < 1.29 is 19.7 Å². The van der Waals surface area contributed by atoms with Gasteiger partial charge >= 0.3 is 0 Å². The second-order valence-electron chi connectivity index (χ2n) is 9.50. The third kappa shape index (κ3) is 1.91. The molecule has 1 aliphatic heterocycles. The summed E-state index contributed by atoms with van der Waals surface area (Å²) in [7, 11) is 0. The molecular formula is C21H28O4. The summed E-state index contributed by atoms with van der Waals surface area (Å²) in [5, 5.41) is 21.9. The standard InChI is InChI=1S/C21H28O4/c1-19-8-7-13(22)9-12(19)3-4-14-15-5-6-17-20(2,24)25-11-21(15,17)10-16(23)18(14)19/h7-9,14-18,23-24H,3-6,10-11H2,1-2H3/t14-,15-,16+,17+,18-,19-,20+,21+/m0/s1. The van der Waals surface area contributed by atoms with Gasteiger partial charge in [-0.25, -0.2) is 0 Å². The average Bonchev–Trinajstić information content (AvgIpc) is 3.04. The lowest BCUT2D eigenvalue weighted by Crippen LogP contribution is -2.57. The zero-order chi connectivity index (χ0) is 17.6. The van der Waals surface area contributed by atoms with Crippen LogP contribution in [0.1, 0.15) is 46.0 Å². The Hall–Kier alpha value is -0.970. The Morgan fingerprint density at radius 1 is 1.24 bits per heavy atom. The number of rotatable bonds is 0. The minimum atomic E-state index is -1.05. The van der Waals surface area contributed by atoms with E-state index in [0.29, 0.717) is 24.9 Å². The molecule has 0 aromatic rings. The molecule has 5 aliphatic rings. The van der Waals surface area contributed by atoms with Gasteiger partial charge in [-0.05, 0) is 63.0 Å². The van der Waals surface area contributed by atoms with Crippen LogP contribution in [0.15, 0.2) is 23.8 Å². The Kier molecular flexibility index (Phi) is 3.14. The van der Waals surface area contributed by atoms with E-state index in [9.17, 15) is 15.0 Å². The van der Waals surface area contributed by atoms with Gasteiger partial charge in [-0.2, -0.15) is 0 Å². The Balaban J connectivity index is 1.56. The number of hydrogen-bond donors (Lipinski definition) is 2. The summed E-state index contributed by atoms with van der Waals surface area (Å²) in [5.41, 5.74) is 0.911. The Labute approximate surface area is 148 Å². The Bertz CT molecular complexity index is 692. The van der Waals surface area contributed by atoms with Gasteiger partial charge in [0.05, 0.1) is 12.7 Å². The van der Waals surface area contributed by atoms with E-state index in [1.807, 2.05) is 0 Å². The van der Waals surface area contributed by atoms with E-state index in [-0.39, 0.29) is 28.4 Å². The van der Waals surface area contributed by atoms with Crippen molar-refractivity contribution in [1.82, 2.24) is 0 Å². The van der Waals surface area contributed by atoms with Crippen LogP contribution in [0.25, 0.3) is 0 Å². The molecule has 3 saturated carbocycles. The van der Waals surface area contributed by atoms with Gasteiger partial charge in [0.2, 0.25) is 0 Å². The molecule has 0 radical (unpaired) electrons. The number of carbonyl (C=O) groups excluding carboxylic acids is 1. The molecular weight excluding hydrogens is 316 g/mol. The van der Waals surface area contributed by atoms with Crippen LogP contribution in [-0.2, 0) is 9.53 Å². The SMILES string of the molecule is C[C@]12C=CC(=O)C=C1CC[C@@H]1[C@H]2[C@H](O)C[C@]23CO[C@@](C)(O)[C@H]2CC[C@@H]13. The first-order valence-electron chi connectivity index (χ1n) is 9.77. The van der Waals surface area contributed by atoms with Crippen LogP contribution in [0.2, 0.25) is 0 Å². The third-order valence-electron chi connectivity index (χ3n) is 8.50. The molecule has 0 aromatic heterocycles. The average molecular weight is 344 g/mol. The summed E-state index contributed by atoms with van der Waals surface area (Å²) >= 11 is 0. The second kappa shape index (κ2) is 4.85. The fourth-order valence-electron chi connectivity index (χ4n) is 7.57. The van der Waals surface area contributed by atoms with Crippen LogP contribution in [0.4, 0.5) is 0 Å². The molecule has 4 fully saturated rings. The molecule has 0 aromatic carbocycles. The first kappa shape index (κ1) is 16.2. The first-order chi connectivity index (χ1) is 11.8. The number of allylic oxidation sites excluding steroid dienone is 4. The lowest BCUT2D eigenvalue weighted by atomic mass is 9.46. The monoisotopic (exact) mass is 344 g/mol. The summed E-state index contributed by atoms with van der Waals surface area (Å²) in [6, 6.07) is 0. The molecule has 0 amide bonds. The van der Waals surface area contributed by atoms with Crippen LogP contribution in [0.3, 0.4) is 0 Å². The van der Waals surface area contributed by atoms with Crippen molar-refractivity contribution in [2.24, 2.45) is 34.5 Å². The molecule has 136 valence electrons. The molecule has 4 aliphatic carbocycles. The quantitative estimate of drug-likeness (QED) is 0.709. The minimum absolute atomic E-state index is 0.0736. The number of hydrogen-bond acceptors (Lipinski definition) is 4. The van der Waals surface area contributed by atoms with Gasteiger partial charge in [-0.3, -0.25) is 4.79 Å². The molecule has 4 nitrogen and oxygen atoms in total. The highest BCUT2D eigenvalue weighted by Gasteiger charge is 2.68. The van der Waals surface area contributed by atoms with E-state index >= 15 is 0 Å². The number of ketones is 1. The lowest BCUT2D eigenvalue weighted by Gasteiger charge is -2.58. The molecule has 25 heavy (non-hydrogen) atoms. The Morgan fingerprint density at radius 3 is 2.84 bits per heavy atom.